The fourth-order valence-corrected chi connectivity index (χ4v) is 5.12. The highest BCUT2D eigenvalue weighted by Crippen LogP contribution is 2.31. The summed E-state index contributed by atoms with van der Waals surface area (Å²) in [6.07, 6.45) is 4.94. The lowest BCUT2D eigenvalue weighted by molar-refractivity contribution is -0.130. The van der Waals surface area contributed by atoms with Gasteiger partial charge in [-0.3, -0.25) is 4.79 Å². The number of carbonyl (C=O) groups excluding carboxylic acids is 1. The first-order valence-electron chi connectivity index (χ1n) is 9.96. The number of aryl methyl sites for hydroxylation is 2. The minimum absolute atomic E-state index is 0.216. The predicted molar refractivity (Wildman–Crippen MR) is 110 cm³/mol. The molecule has 2 aromatic carbocycles. The molecule has 4 heteroatoms. The number of hydrogen-bond acceptors (Lipinski definition) is 3. The zero-order valence-corrected chi connectivity index (χ0v) is 16.5. The molecule has 0 spiro atoms. The maximum absolute atomic E-state index is 12.6. The first-order chi connectivity index (χ1) is 13.2. The van der Waals surface area contributed by atoms with Crippen LogP contribution in [0.4, 0.5) is 0 Å². The van der Waals surface area contributed by atoms with Crippen LogP contribution in [-0.2, 0) is 17.6 Å². The average Bonchev–Trinajstić information content (AvgIpc) is 3.20. The normalized spacial score (nSPS) is 18.3. The average molecular weight is 382 g/mol. The summed E-state index contributed by atoms with van der Waals surface area (Å²) in [5.41, 5.74) is 3.92. The molecule has 1 aliphatic carbocycles. The Bertz CT molecular complexity index is 784. The Labute approximate surface area is 165 Å². The van der Waals surface area contributed by atoms with Gasteiger partial charge in [0.1, 0.15) is 0 Å². The van der Waals surface area contributed by atoms with Crippen LogP contribution >= 0.6 is 11.8 Å². The van der Waals surface area contributed by atoms with E-state index in [9.17, 15) is 9.90 Å². The largest absolute Gasteiger partial charge is 0.388 e. The number of nitrogens with zero attached hydrogens (tertiary/aromatic N) is 1. The maximum atomic E-state index is 12.6. The lowest BCUT2D eigenvalue weighted by Crippen LogP contribution is -2.40. The first-order valence-corrected chi connectivity index (χ1v) is 10.9. The van der Waals surface area contributed by atoms with Crippen LogP contribution in [0.3, 0.4) is 0 Å². The highest BCUT2D eigenvalue weighted by atomic mass is 32.2. The van der Waals surface area contributed by atoms with E-state index in [0.29, 0.717) is 5.75 Å². The Morgan fingerprint density at radius 2 is 1.81 bits per heavy atom. The molecular weight excluding hydrogens is 354 g/mol. The van der Waals surface area contributed by atoms with Crippen molar-refractivity contribution in [2.75, 3.05) is 18.8 Å². The summed E-state index contributed by atoms with van der Waals surface area (Å²) in [5.74, 6) is 0.957. The van der Waals surface area contributed by atoms with Crippen LogP contribution in [0.1, 0.15) is 42.1 Å². The zero-order chi connectivity index (χ0) is 18.6. The van der Waals surface area contributed by atoms with Crippen LogP contribution in [-0.4, -0.2) is 34.8 Å². The monoisotopic (exact) mass is 381 g/mol. The van der Waals surface area contributed by atoms with Crippen LogP contribution in [0.25, 0.3) is 0 Å². The molecular formula is C23H27NO2S. The number of aliphatic hydroxyl groups is 1. The van der Waals surface area contributed by atoms with Gasteiger partial charge in [-0.25, -0.2) is 0 Å². The van der Waals surface area contributed by atoms with E-state index in [2.05, 4.69) is 18.2 Å². The van der Waals surface area contributed by atoms with E-state index in [4.69, 9.17) is 0 Å². The molecule has 2 aromatic rings. The van der Waals surface area contributed by atoms with Crippen LogP contribution in [0.15, 0.2) is 53.4 Å². The van der Waals surface area contributed by atoms with Gasteiger partial charge in [0.15, 0.2) is 0 Å². The quantitative estimate of drug-likeness (QED) is 0.788. The van der Waals surface area contributed by atoms with Gasteiger partial charge in [0, 0.05) is 18.0 Å². The molecule has 1 aliphatic heterocycles. The summed E-state index contributed by atoms with van der Waals surface area (Å²) >= 11 is 1.65. The Morgan fingerprint density at radius 3 is 2.59 bits per heavy atom. The smallest absolute Gasteiger partial charge is 0.232 e. The van der Waals surface area contributed by atoms with E-state index in [1.807, 2.05) is 35.2 Å². The van der Waals surface area contributed by atoms with Crippen molar-refractivity contribution in [3.05, 3.63) is 65.2 Å². The molecule has 1 heterocycles. The summed E-state index contributed by atoms with van der Waals surface area (Å²) in [5, 5.41) is 10.6. The van der Waals surface area contributed by atoms with Crippen LogP contribution in [0.5, 0.6) is 0 Å². The van der Waals surface area contributed by atoms with Crippen molar-refractivity contribution in [2.45, 2.75) is 43.1 Å². The molecule has 27 heavy (non-hydrogen) atoms. The summed E-state index contributed by atoms with van der Waals surface area (Å²) in [4.78, 5) is 15.8. The van der Waals surface area contributed by atoms with Crippen molar-refractivity contribution in [1.29, 1.82) is 0 Å². The third-order valence-electron chi connectivity index (χ3n) is 5.91. The zero-order valence-electron chi connectivity index (χ0n) is 15.6. The number of amides is 1. The molecule has 4 rings (SSSR count). The molecule has 1 saturated heterocycles. The molecule has 0 bridgehead atoms. The van der Waals surface area contributed by atoms with Crippen LogP contribution in [0, 0.1) is 5.92 Å². The number of fused-ring (bicyclic) bond motifs is 1. The summed E-state index contributed by atoms with van der Waals surface area (Å²) in [6.45, 7) is 1.50. The van der Waals surface area contributed by atoms with E-state index in [1.165, 1.54) is 35.3 Å². The number of carbonyl (C=O) groups is 1. The molecule has 1 atom stereocenters. The van der Waals surface area contributed by atoms with E-state index in [-0.39, 0.29) is 11.8 Å². The molecule has 1 fully saturated rings. The molecule has 0 radical (unpaired) electrons. The predicted octanol–water partition coefficient (Wildman–Crippen LogP) is 4.24. The highest BCUT2D eigenvalue weighted by Gasteiger charge is 2.28. The summed E-state index contributed by atoms with van der Waals surface area (Å²) < 4.78 is 0. The fraction of sp³-hybridized carbons (Fsp3) is 0.435. The molecule has 1 unspecified atom stereocenters. The topological polar surface area (TPSA) is 40.5 Å². The Kier molecular flexibility index (Phi) is 5.84. The molecule has 142 valence electrons. The number of piperidine rings is 1. The number of benzene rings is 2. The Hall–Kier alpha value is -1.78. The van der Waals surface area contributed by atoms with Gasteiger partial charge in [0.25, 0.3) is 0 Å². The number of hydrogen-bond donors (Lipinski definition) is 1. The third kappa shape index (κ3) is 4.39. The van der Waals surface area contributed by atoms with Gasteiger partial charge in [-0.15, -0.1) is 11.8 Å². The lowest BCUT2D eigenvalue weighted by atomic mass is 9.87. The minimum Gasteiger partial charge on any atom is -0.388 e. The second-order valence-electron chi connectivity index (χ2n) is 7.65. The van der Waals surface area contributed by atoms with E-state index in [1.54, 1.807) is 11.8 Å². The standard InChI is InChI=1S/C23H27NO2S/c25-22(16-27-21-10-9-17-7-4-8-20(17)15-21)24-13-11-19(12-14-24)23(26)18-5-2-1-3-6-18/h1-3,5-6,9-10,15,19,23,26H,4,7-8,11-14,16H2. The van der Waals surface area contributed by atoms with E-state index >= 15 is 0 Å². The molecule has 1 N–H and O–H groups in total. The van der Waals surface area contributed by atoms with E-state index in [0.717, 1.165) is 31.5 Å². The van der Waals surface area contributed by atoms with Gasteiger partial charge >= 0.3 is 0 Å². The maximum Gasteiger partial charge on any atom is 0.232 e. The van der Waals surface area contributed by atoms with Gasteiger partial charge in [-0.05, 0) is 66.8 Å². The summed E-state index contributed by atoms with van der Waals surface area (Å²) in [7, 11) is 0. The molecule has 0 saturated carbocycles. The van der Waals surface area contributed by atoms with Crippen molar-refractivity contribution >= 4 is 17.7 Å². The second kappa shape index (κ2) is 8.49. The minimum atomic E-state index is -0.427. The summed E-state index contributed by atoms with van der Waals surface area (Å²) in [6, 6.07) is 16.5. The SMILES string of the molecule is O=C(CSc1ccc2c(c1)CCC2)N1CCC(C(O)c2ccccc2)CC1. The number of rotatable bonds is 5. The van der Waals surface area contributed by atoms with Crippen molar-refractivity contribution in [2.24, 2.45) is 5.92 Å². The van der Waals surface area contributed by atoms with Crippen molar-refractivity contribution in [3.63, 3.8) is 0 Å². The molecule has 2 aliphatic rings. The molecule has 3 nitrogen and oxygen atoms in total. The van der Waals surface area contributed by atoms with Crippen LogP contribution in [0.2, 0.25) is 0 Å². The third-order valence-corrected chi connectivity index (χ3v) is 6.89. The van der Waals surface area contributed by atoms with Gasteiger partial charge in [-0.2, -0.15) is 0 Å². The van der Waals surface area contributed by atoms with Gasteiger partial charge in [0.05, 0.1) is 11.9 Å². The molecule has 0 aromatic heterocycles. The number of likely N-dealkylation sites (tertiary alicyclic amines) is 1. The van der Waals surface area contributed by atoms with Gasteiger partial charge in [0.2, 0.25) is 5.91 Å². The number of aliphatic hydroxyl groups excluding tert-OH is 1. The molecule has 1 amide bonds. The second-order valence-corrected chi connectivity index (χ2v) is 8.70. The van der Waals surface area contributed by atoms with Crippen molar-refractivity contribution in [3.8, 4) is 0 Å². The number of thioether (sulfide) groups is 1. The Balaban J connectivity index is 1.26. The van der Waals surface area contributed by atoms with Crippen molar-refractivity contribution < 1.29 is 9.90 Å². The lowest BCUT2D eigenvalue weighted by Gasteiger charge is -2.34. The van der Waals surface area contributed by atoms with E-state index < -0.39 is 6.10 Å². The highest BCUT2D eigenvalue weighted by molar-refractivity contribution is 8.00. The first kappa shape index (κ1) is 18.6. The fourth-order valence-electron chi connectivity index (χ4n) is 4.26. The van der Waals surface area contributed by atoms with Crippen molar-refractivity contribution in [1.82, 2.24) is 4.90 Å². The van der Waals surface area contributed by atoms with Gasteiger partial charge < -0.3 is 10.0 Å². The van der Waals surface area contributed by atoms with Crippen LogP contribution < -0.4 is 0 Å². The van der Waals surface area contributed by atoms with Gasteiger partial charge in [-0.1, -0.05) is 36.4 Å². The Morgan fingerprint density at radius 1 is 1.07 bits per heavy atom.